The van der Waals surface area contributed by atoms with Crippen molar-refractivity contribution in [2.45, 2.75) is 25.4 Å². The summed E-state index contributed by atoms with van der Waals surface area (Å²) in [6, 6.07) is 24.7. The number of carbonyl (C=O) groups excluding carboxylic acids is 1. The fraction of sp³-hybridized carbons (Fsp3) is 0.161. The van der Waals surface area contributed by atoms with Crippen molar-refractivity contribution in [3.63, 3.8) is 0 Å². The Morgan fingerprint density at radius 1 is 0.930 bits per heavy atom. The van der Waals surface area contributed by atoms with Crippen molar-refractivity contribution in [2.75, 3.05) is 12.4 Å². The van der Waals surface area contributed by atoms with Crippen molar-refractivity contribution in [3.05, 3.63) is 106 Å². The van der Waals surface area contributed by atoms with E-state index in [0.717, 1.165) is 33.7 Å². The Bertz CT molecular complexity index is 1740. The third kappa shape index (κ3) is 8.41. The van der Waals surface area contributed by atoms with Gasteiger partial charge in [-0.25, -0.2) is 5.43 Å². The van der Waals surface area contributed by atoms with E-state index in [4.69, 9.17) is 41.8 Å². The lowest BCUT2D eigenvalue weighted by Gasteiger charge is -2.13. The number of aromatic nitrogens is 2. The fourth-order valence-corrected chi connectivity index (χ4v) is 5.03. The van der Waals surface area contributed by atoms with Crippen LogP contribution in [0.1, 0.15) is 23.9 Å². The van der Waals surface area contributed by atoms with Crippen LogP contribution in [0.25, 0.3) is 10.8 Å². The number of thioether (sulfide) groups is 1. The molecule has 1 amide bonds. The van der Waals surface area contributed by atoms with Crippen molar-refractivity contribution in [1.82, 2.24) is 15.6 Å². The molecular weight excluding hydrogens is 611 g/mol. The van der Waals surface area contributed by atoms with Crippen LogP contribution < -0.4 is 19.6 Å². The molecule has 1 aromatic heterocycles. The Kier molecular flexibility index (Phi) is 10.4. The number of amides is 1. The standard InChI is InChI=1S/C31H26Cl2N4O5S/c1-2-39-28-14-20(10-12-27(28)40-17-22-8-5-7-21-6-3-4-9-24(21)22)16-34-35-29(38)19-43-31-37-36-30(42-31)18-41-26-13-11-23(32)15-25(26)33/h3-16H,2,17-19H2,1H3,(H,35,38)/b34-16-. The predicted molar refractivity (Wildman–Crippen MR) is 167 cm³/mol. The highest BCUT2D eigenvalue weighted by molar-refractivity contribution is 7.99. The van der Waals surface area contributed by atoms with Gasteiger partial charge in [0.2, 0.25) is 0 Å². The number of carbonyl (C=O) groups is 1. The second-order valence-corrected chi connectivity index (χ2v) is 10.7. The molecule has 0 atom stereocenters. The maximum atomic E-state index is 12.3. The minimum absolute atomic E-state index is 0.0160. The predicted octanol–water partition coefficient (Wildman–Crippen LogP) is 7.33. The van der Waals surface area contributed by atoms with Crippen LogP contribution in [0.4, 0.5) is 0 Å². The summed E-state index contributed by atoms with van der Waals surface area (Å²) >= 11 is 13.1. The number of halogens is 2. The van der Waals surface area contributed by atoms with Crippen LogP contribution in [0, 0.1) is 0 Å². The summed E-state index contributed by atoms with van der Waals surface area (Å²) in [5.74, 6) is 1.56. The summed E-state index contributed by atoms with van der Waals surface area (Å²) in [6.45, 7) is 2.79. The van der Waals surface area contributed by atoms with Gasteiger partial charge in [-0.3, -0.25) is 4.79 Å². The molecule has 12 heteroatoms. The summed E-state index contributed by atoms with van der Waals surface area (Å²) in [4.78, 5) is 12.3. The number of nitrogens with one attached hydrogen (secondary N) is 1. The third-order valence-corrected chi connectivity index (χ3v) is 7.30. The Morgan fingerprint density at radius 3 is 2.60 bits per heavy atom. The van der Waals surface area contributed by atoms with Crippen molar-refractivity contribution in [3.8, 4) is 17.2 Å². The summed E-state index contributed by atoms with van der Waals surface area (Å²) < 4.78 is 23.0. The topological polar surface area (TPSA) is 108 Å². The van der Waals surface area contributed by atoms with E-state index in [1.807, 2.05) is 43.3 Å². The highest BCUT2D eigenvalue weighted by atomic mass is 35.5. The van der Waals surface area contributed by atoms with Gasteiger partial charge in [0.1, 0.15) is 12.4 Å². The van der Waals surface area contributed by atoms with Crippen LogP contribution in [0.3, 0.4) is 0 Å². The first-order valence-corrected chi connectivity index (χ1v) is 14.9. The van der Waals surface area contributed by atoms with Gasteiger partial charge in [-0.05, 0) is 65.2 Å². The van der Waals surface area contributed by atoms with Gasteiger partial charge in [0.15, 0.2) is 18.1 Å². The van der Waals surface area contributed by atoms with Crippen LogP contribution in [-0.4, -0.2) is 34.7 Å². The van der Waals surface area contributed by atoms with Gasteiger partial charge in [0.05, 0.1) is 23.6 Å². The molecule has 5 rings (SSSR count). The summed E-state index contributed by atoms with van der Waals surface area (Å²) in [5.41, 5.74) is 4.31. The lowest BCUT2D eigenvalue weighted by Crippen LogP contribution is -2.19. The molecule has 0 aliphatic carbocycles. The molecule has 0 saturated heterocycles. The SMILES string of the molecule is CCOc1cc(/C=N\NC(=O)CSc2nnc(COc3ccc(Cl)cc3Cl)o2)ccc1OCc1cccc2ccccc12. The molecule has 0 radical (unpaired) electrons. The smallest absolute Gasteiger partial charge is 0.277 e. The number of benzene rings is 4. The Hall–Kier alpha value is -4.25. The largest absolute Gasteiger partial charge is 0.490 e. The van der Waals surface area contributed by atoms with Gasteiger partial charge in [0, 0.05) is 5.02 Å². The van der Waals surface area contributed by atoms with Crippen molar-refractivity contribution < 1.29 is 23.4 Å². The number of fused-ring (bicyclic) bond motifs is 1. The van der Waals surface area contributed by atoms with Gasteiger partial charge in [0.25, 0.3) is 17.0 Å². The highest BCUT2D eigenvalue weighted by Gasteiger charge is 2.12. The van der Waals surface area contributed by atoms with Crippen molar-refractivity contribution >= 4 is 57.9 Å². The monoisotopic (exact) mass is 636 g/mol. The quantitative estimate of drug-likeness (QED) is 0.0813. The van der Waals surface area contributed by atoms with Crippen molar-refractivity contribution in [2.24, 2.45) is 5.10 Å². The number of nitrogens with zero attached hydrogens (tertiary/aromatic N) is 3. The average molecular weight is 638 g/mol. The number of hydrazone groups is 1. The maximum absolute atomic E-state index is 12.3. The number of hydrogen-bond acceptors (Lipinski definition) is 9. The first kappa shape index (κ1) is 30.2. The van der Waals surface area contributed by atoms with E-state index in [1.165, 1.54) is 6.21 Å². The zero-order chi connectivity index (χ0) is 30.0. The average Bonchev–Trinajstić information content (AvgIpc) is 3.47. The molecule has 1 N–H and O–H groups in total. The number of hydrogen-bond donors (Lipinski definition) is 1. The molecule has 0 saturated carbocycles. The molecule has 5 aromatic rings. The molecule has 4 aromatic carbocycles. The number of rotatable bonds is 13. The molecule has 0 unspecified atom stereocenters. The van der Waals surface area contributed by atoms with Gasteiger partial charge >= 0.3 is 0 Å². The minimum atomic E-state index is -0.342. The summed E-state index contributed by atoms with van der Waals surface area (Å²) in [5, 5.41) is 15.3. The minimum Gasteiger partial charge on any atom is -0.490 e. The molecule has 9 nitrogen and oxygen atoms in total. The number of ether oxygens (including phenoxy) is 3. The highest BCUT2D eigenvalue weighted by Crippen LogP contribution is 2.30. The molecule has 0 bridgehead atoms. The molecular formula is C31H26Cl2N4O5S. The second-order valence-electron chi connectivity index (χ2n) is 8.97. The van der Waals surface area contributed by atoms with E-state index < -0.39 is 0 Å². The zero-order valence-electron chi connectivity index (χ0n) is 23.0. The Labute approximate surface area is 262 Å². The van der Waals surface area contributed by atoms with Crippen LogP contribution >= 0.6 is 35.0 Å². The first-order valence-electron chi connectivity index (χ1n) is 13.2. The fourth-order valence-electron chi connectivity index (χ4n) is 3.99. The normalized spacial score (nSPS) is 11.1. The Balaban J connectivity index is 1.10. The van der Waals surface area contributed by atoms with Crippen LogP contribution in [-0.2, 0) is 18.0 Å². The van der Waals surface area contributed by atoms with E-state index in [-0.39, 0.29) is 29.4 Å². The Morgan fingerprint density at radius 2 is 1.74 bits per heavy atom. The van der Waals surface area contributed by atoms with Crippen molar-refractivity contribution in [1.29, 1.82) is 0 Å². The molecule has 0 aliphatic heterocycles. The van der Waals surface area contributed by atoms with E-state index in [0.29, 0.717) is 40.5 Å². The first-order chi connectivity index (χ1) is 21.0. The summed E-state index contributed by atoms with van der Waals surface area (Å²) in [7, 11) is 0. The molecule has 0 spiro atoms. The lowest BCUT2D eigenvalue weighted by molar-refractivity contribution is -0.118. The molecule has 0 aliphatic rings. The second kappa shape index (κ2) is 14.8. The summed E-state index contributed by atoms with van der Waals surface area (Å²) in [6.07, 6.45) is 1.53. The maximum Gasteiger partial charge on any atom is 0.277 e. The lowest BCUT2D eigenvalue weighted by atomic mass is 10.1. The van der Waals surface area contributed by atoms with Crippen LogP contribution in [0.15, 0.2) is 93.6 Å². The van der Waals surface area contributed by atoms with Gasteiger partial charge in [-0.2, -0.15) is 5.10 Å². The molecule has 1 heterocycles. The molecule has 0 fully saturated rings. The van der Waals surface area contributed by atoms with E-state index in [2.05, 4.69) is 45.0 Å². The van der Waals surface area contributed by atoms with E-state index >= 15 is 0 Å². The van der Waals surface area contributed by atoms with E-state index in [9.17, 15) is 4.79 Å². The molecule has 220 valence electrons. The zero-order valence-corrected chi connectivity index (χ0v) is 25.3. The third-order valence-electron chi connectivity index (χ3n) is 5.95. The van der Waals surface area contributed by atoms with Crippen LogP contribution in [0.2, 0.25) is 10.0 Å². The van der Waals surface area contributed by atoms with Gasteiger partial charge in [-0.15, -0.1) is 10.2 Å². The molecule has 43 heavy (non-hydrogen) atoms. The van der Waals surface area contributed by atoms with E-state index in [1.54, 1.807) is 18.2 Å². The van der Waals surface area contributed by atoms with Gasteiger partial charge < -0.3 is 18.6 Å². The van der Waals surface area contributed by atoms with Crippen LogP contribution in [0.5, 0.6) is 17.2 Å². The van der Waals surface area contributed by atoms with Gasteiger partial charge in [-0.1, -0.05) is 77.4 Å².